The Hall–Kier alpha value is -1.79. The normalized spacial score (nSPS) is 20.2. The van der Waals surface area contributed by atoms with Crippen molar-refractivity contribution in [2.75, 3.05) is 13.1 Å². The molecule has 7 nitrogen and oxygen atoms in total. The van der Waals surface area contributed by atoms with Crippen molar-refractivity contribution in [1.82, 2.24) is 10.2 Å². The van der Waals surface area contributed by atoms with E-state index in [0.29, 0.717) is 25.8 Å². The van der Waals surface area contributed by atoms with Gasteiger partial charge in [0, 0.05) is 13.1 Å². The first kappa shape index (κ1) is 16.3. The van der Waals surface area contributed by atoms with Crippen molar-refractivity contribution in [2.45, 2.75) is 45.1 Å². The first-order valence-electron chi connectivity index (χ1n) is 7.03. The first-order valence-corrected chi connectivity index (χ1v) is 7.03. The molecule has 1 fully saturated rings. The molecule has 0 saturated carbocycles. The summed E-state index contributed by atoms with van der Waals surface area (Å²) in [4.78, 5) is 35.7. The average Bonchev–Trinajstić information content (AvgIpc) is 2.42. The number of amides is 3. The number of urea groups is 1. The Morgan fingerprint density at radius 1 is 1.45 bits per heavy atom. The van der Waals surface area contributed by atoms with Gasteiger partial charge in [-0.1, -0.05) is 19.8 Å². The van der Waals surface area contributed by atoms with E-state index in [4.69, 9.17) is 10.8 Å². The summed E-state index contributed by atoms with van der Waals surface area (Å²) in [6.45, 7) is 2.78. The fraction of sp³-hybridized carbons (Fsp3) is 0.769. The van der Waals surface area contributed by atoms with Crippen LogP contribution >= 0.6 is 0 Å². The van der Waals surface area contributed by atoms with Gasteiger partial charge in [-0.05, 0) is 19.3 Å². The lowest BCUT2D eigenvalue weighted by molar-refractivity contribution is -0.143. The maximum Gasteiger partial charge on any atom is 0.326 e. The summed E-state index contributed by atoms with van der Waals surface area (Å²) in [5.74, 6) is -1.70. The van der Waals surface area contributed by atoms with E-state index < -0.39 is 18.0 Å². The predicted octanol–water partition coefficient (Wildman–Crippen LogP) is 0.537. The molecular weight excluding hydrogens is 262 g/mol. The number of rotatable bonds is 6. The van der Waals surface area contributed by atoms with Crippen LogP contribution < -0.4 is 11.1 Å². The van der Waals surface area contributed by atoms with Crippen molar-refractivity contribution in [3.05, 3.63) is 0 Å². The number of primary amides is 1. The molecule has 1 aliphatic rings. The van der Waals surface area contributed by atoms with Gasteiger partial charge in [0.1, 0.15) is 6.04 Å². The van der Waals surface area contributed by atoms with E-state index in [9.17, 15) is 14.4 Å². The highest BCUT2D eigenvalue weighted by Crippen LogP contribution is 2.17. The molecule has 7 heteroatoms. The van der Waals surface area contributed by atoms with Crippen LogP contribution in [0.1, 0.15) is 39.0 Å². The maximum absolute atomic E-state index is 12.1. The van der Waals surface area contributed by atoms with Gasteiger partial charge in [-0.3, -0.25) is 4.79 Å². The third-order valence-corrected chi connectivity index (χ3v) is 3.56. The van der Waals surface area contributed by atoms with Crippen LogP contribution in [0.2, 0.25) is 0 Å². The van der Waals surface area contributed by atoms with Crippen LogP contribution in [-0.4, -0.2) is 47.0 Å². The molecule has 114 valence electrons. The molecule has 20 heavy (non-hydrogen) atoms. The number of carbonyl (C=O) groups is 3. The second-order valence-corrected chi connectivity index (χ2v) is 5.17. The average molecular weight is 285 g/mol. The Morgan fingerprint density at radius 2 is 2.15 bits per heavy atom. The van der Waals surface area contributed by atoms with E-state index in [1.54, 1.807) is 0 Å². The van der Waals surface area contributed by atoms with Crippen molar-refractivity contribution < 1.29 is 19.5 Å². The Labute approximate surface area is 118 Å². The van der Waals surface area contributed by atoms with E-state index in [1.807, 2.05) is 6.92 Å². The van der Waals surface area contributed by atoms with Crippen LogP contribution in [-0.2, 0) is 9.59 Å². The predicted molar refractivity (Wildman–Crippen MR) is 73.0 cm³/mol. The second kappa shape index (κ2) is 7.72. The zero-order chi connectivity index (χ0) is 15.1. The minimum Gasteiger partial charge on any atom is -0.480 e. The van der Waals surface area contributed by atoms with Crippen molar-refractivity contribution in [3.8, 4) is 0 Å². The van der Waals surface area contributed by atoms with Gasteiger partial charge in [-0.25, -0.2) is 9.59 Å². The quantitative estimate of drug-likeness (QED) is 0.661. The van der Waals surface area contributed by atoms with E-state index in [1.165, 1.54) is 4.90 Å². The topological polar surface area (TPSA) is 113 Å². The number of unbranched alkanes of at least 4 members (excludes halogenated alkanes) is 1. The van der Waals surface area contributed by atoms with Gasteiger partial charge in [0.25, 0.3) is 0 Å². The zero-order valence-corrected chi connectivity index (χ0v) is 11.8. The minimum atomic E-state index is -1.02. The number of aliphatic carboxylic acids is 1. The standard InChI is InChI=1S/C13H23N3O4/c1-2-3-6-10(12(18)19)15-11(17)9-5-4-7-16(8-9)13(14)20/h9-10H,2-8H2,1H3,(H2,14,20)(H,15,17)(H,18,19). The van der Waals surface area contributed by atoms with Crippen LogP contribution in [0, 0.1) is 5.92 Å². The molecule has 2 unspecified atom stereocenters. The number of nitrogens with zero attached hydrogens (tertiary/aromatic N) is 1. The molecule has 0 aromatic carbocycles. The number of carbonyl (C=O) groups excluding carboxylic acids is 2. The highest BCUT2D eigenvalue weighted by molar-refractivity contribution is 5.85. The number of piperidine rings is 1. The van der Waals surface area contributed by atoms with Gasteiger partial charge in [-0.2, -0.15) is 0 Å². The number of nitrogens with one attached hydrogen (secondary N) is 1. The number of hydrogen-bond acceptors (Lipinski definition) is 3. The molecular formula is C13H23N3O4. The van der Waals surface area contributed by atoms with Crippen molar-refractivity contribution in [3.63, 3.8) is 0 Å². The molecule has 1 rings (SSSR count). The fourth-order valence-electron chi connectivity index (χ4n) is 2.35. The van der Waals surface area contributed by atoms with Gasteiger partial charge in [0.15, 0.2) is 0 Å². The van der Waals surface area contributed by atoms with Gasteiger partial charge < -0.3 is 21.1 Å². The smallest absolute Gasteiger partial charge is 0.326 e. The van der Waals surface area contributed by atoms with Gasteiger partial charge in [0.2, 0.25) is 5.91 Å². The lowest BCUT2D eigenvalue weighted by Gasteiger charge is -2.31. The summed E-state index contributed by atoms with van der Waals surface area (Å²) < 4.78 is 0. The van der Waals surface area contributed by atoms with Crippen LogP contribution in [0.3, 0.4) is 0 Å². The summed E-state index contributed by atoms with van der Waals surface area (Å²) in [5.41, 5.74) is 5.21. The molecule has 1 heterocycles. The van der Waals surface area contributed by atoms with Gasteiger partial charge >= 0.3 is 12.0 Å². The number of carboxylic acids is 1. The Kier molecular flexibility index (Phi) is 6.27. The van der Waals surface area contributed by atoms with Gasteiger partial charge in [0.05, 0.1) is 5.92 Å². The number of likely N-dealkylation sites (tertiary alicyclic amines) is 1. The van der Waals surface area contributed by atoms with Gasteiger partial charge in [-0.15, -0.1) is 0 Å². The molecule has 0 aliphatic carbocycles. The number of nitrogens with two attached hydrogens (primary N) is 1. The maximum atomic E-state index is 12.1. The molecule has 0 aromatic rings. The van der Waals surface area contributed by atoms with Crippen LogP contribution in [0.25, 0.3) is 0 Å². The van der Waals surface area contributed by atoms with Crippen molar-refractivity contribution in [2.24, 2.45) is 11.7 Å². The van der Waals surface area contributed by atoms with E-state index in [-0.39, 0.29) is 18.4 Å². The van der Waals surface area contributed by atoms with Crippen LogP contribution in [0.15, 0.2) is 0 Å². The summed E-state index contributed by atoms with van der Waals surface area (Å²) in [6.07, 6.45) is 3.39. The summed E-state index contributed by atoms with van der Waals surface area (Å²) in [7, 11) is 0. The lowest BCUT2D eigenvalue weighted by atomic mass is 9.96. The Balaban J connectivity index is 2.55. The third-order valence-electron chi connectivity index (χ3n) is 3.56. The lowest BCUT2D eigenvalue weighted by Crippen LogP contribution is -2.50. The summed E-state index contributed by atoms with van der Waals surface area (Å²) in [5, 5.41) is 11.7. The van der Waals surface area contributed by atoms with Crippen LogP contribution in [0.4, 0.5) is 4.79 Å². The highest BCUT2D eigenvalue weighted by atomic mass is 16.4. The molecule has 0 aromatic heterocycles. The molecule has 0 spiro atoms. The summed E-state index contributed by atoms with van der Waals surface area (Å²) >= 11 is 0. The fourth-order valence-corrected chi connectivity index (χ4v) is 2.35. The Morgan fingerprint density at radius 3 is 2.70 bits per heavy atom. The minimum absolute atomic E-state index is 0.265. The molecule has 4 N–H and O–H groups in total. The van der Waals surface area contributed by atoms with Crippen LogP contribution in [0.5, 0.6) is 0 Å². The molecule has 3 amide bonds. The van der Waals surface area contributed by atoms with Crippen molar-refractivity contribution >= 4 is 17.9 Å². The molecule has 0 radical (unpaired) electrons. The SMILES string of the molecule is CCCCC(NC(=O)C1CCCN(C(N)=O)C1)C(=O)O. The molecule has 2 atom stereocenters. The summed E-state index contributed by atoms with van der Waals surface area (Å²) in [6, 6.07) is -1.39. The number of carboxylic acid groups (broad SMARTS) is 1. The van der Waals surface area contributed by atoms with E-state index >= 15 is 0 Å². The molecule has 1 aliphatic heterocycles. The van der Waals surface area contributed by atoms with Crippen molar-refractivity contribution in [1.29, 1.82) is 0 Å². The monoisotopic (exact) mass is 285 g/mol. The zero-order valence-electron chi connectivity index (χ0n) is 11.8. The second-order valence-electron chi connectivity index (χ2n) is 5.17. The third kappa shape index (κ3) is 4.71. The molecule has 0 bridgehead atoms. The number of hydrogen-bond donors (Lipinski definition) is 3. The Bertz CT molecular complexity index is 373. The van der Waals surface area contributed by atoms with E-state index in [2.05, 4.69) is 5.32 Å². The first-order chi connectivity index (χ1) is 9.45. The highest BCUT2D eigenvalue weighted by Gasteiger charge is 2.30. The molecule has 1 saturated heterocycles. The van der Waals surface area contributed by atoms with E-state index in [0.717, 1.165) is 12.8 Å². The largest absolute Gasteiger partial charge is 0.480 e.